The largest absolute Gasteiger partial charge is 0.308 e. The van der Waals surface area contributed by atoms with E-state index in [1.165, 1.54) is 32.1 Å². The zero-order valence-electron chi connectivity index (χ0n) is 12.5. The van der Waals surface area contributed by atoms with Gasteiger partial charge in [-0.25, -0.2) is 0 Å². The molecule has 1 aliphatic rings. The maximum Gasteiger partial charge on any atom is 0.0169 e. The third-order valence-corrected chi connectivity index (χ3v) is 3.75. The molecule has 0 aromatic rings. The van der Waals surface area contributed by atoms with Gasteiger partial charge in [0.05, 0.1) is 0 Å². The van der Waals surface area contributed by atoms with Gasteiger partial charge in [0.15, 0.2) is 0 Å². The topological polar surface area (TPSA) is 12.0 Å². The summed E-state index contributed by atoms with van der Waals surface area (Å²) >= 11 is 0. The molecule has 0 spiro atoms. The van der Waals surface area contributed by atoms with Crippen molar-refractivity contribution in [2.75, 3.05) is 6.54 Å². The Kier molecular flexibility index (Phi) is 5.72. The van der Waals surface area contributed by atoms with Gasteiger partial charge in [0.2, 0.25) is 0 Å². The lowest BCUT2D eigenvalue weighted by Gasteiger charge is -2.26. The number of hydrogen-bond acceptors (Lipinski definition) is 1. The highest BCUT2D eigenvalue weighted by atomic mass is 14.9. The molecule has 0 heterocycles. The van der Waals surface area contributed by atoms with Gasteiger partial charge in [-0.2, -0.15) is 0 Å². The van der Waals surface area contributed by atoms with Crippen LogP contribution < -0.4 is 5.32 Å². The summed E-state index contributed by atoms with van der Waals surface area (Å²) < 4.78 is 0. The molecule has 17 heavy (non-hydrogen) atoms. The summed E-state index contributed by atoms with van der Waals surface area (Å²) in [6.07, 6.45) is 9.42. The second-order valence-electron chi connectivity index (χ2n) is 6.81. The van der Waals surface area contributed by atoms with E-state index in [2.05, 4.69) is 46.0 Å². The van der Waals surface area contributed by atoms with E-state index in [1.807, 2.05) is 0 Å². The molecule has 0 saturated heterocycles. The van der Waals surface area contributed by atoms with Crippen LogP contribution in [0.5, 0.6) is 0 Å². The van der Waals surface area contributed by atoms with Gasteiger partial charge in [0.1, 0.15) is 0 Å². The highest BCUT2D eigenvalue weighted by molar-refractivity contribution is 5.07. The van der Waals surface area contributed by atoms with Crippen molar-refractivity contribution in [2.24, 2.45) is 11.8 Å². The van der Waals surface area contributed by atoms with Crippen LogP contribution in [-0.4, -0.2) is 12.1 Å². The van der Waals surface area contributed by atoms with Crippen molar-refractivity contribution in [1.29, 1.82) is 0 Å². The average Bonchev–Trinajstić information content (AvgIpc) is 2.23. The number of allylic oxidation sites excluding steroid dienone is 1. The van der Waals surface area contributed by atoms with Crippen LogP contribution in [0.1, 0.15) is 66.7 Å². The molecule has 1 fully saturated rings. The minimum Gasteiger partial charge on any atom is -0.308 e. The van der Waals surface area contributed by atoms with Gasteiger partial charge in [-0.05, 0) is 51.9 Å². The second kappa shape index (κ2) is 6.58. The van der Waals surface area contributed by atoms with E-state index in [0.29, 0.717) is 0 Å². The Morgan fingerprint density at radius 1 is 1.29 bits per heavy atom. The van der Waals surface area contributed by atoms with Crippen LogP contribution in [0.2, 0.25) is 0 Å². The Morgan fingerprint density at radius 3 is 2.53 bits per heavy atom. The first kappa shape index (κ1) is 14.8. The lowest BCUT2D eigenvalue weighted by Crippen LogP contribution is -2.37. The van der Waals surface area contributed by atoms with Crippen molar-refractivity contribution >= 4 is 0 Å². The first-order valence-corrected chi connectivity index (χ1v) is 7.35. The quantitative estimate of drug-likeness (QED) is 0.708. The molecule has 0 aromatic heterocycles. The Labute approximate surface area is 108 Å². The first-order valence-electron chi connectivity index (χ1n) is 7.35. The maximum atomic E-state index is 3.61. The van der Waals surface area contributed by atoms with E-state index in [4.69, 9.17) is 0 Å². The van der Waals surface area contributed by atoms with E-state index < -0.39 is 0 Å². The number of hydrogen-bond donors (Lipinski definition) is 1. The van der Waals surface area contributed by atoms with Gasteiger partial charge in [-0.1, -0.05) is 38.3 Å². The fraction of sp³-hybridized carbons (Fsp3) is 0.875. The Hall–Kier alpha value is -0.300. The molecule has 0 amide bonds. The molecule has 1 N–H and O–H groups in total. The highest BCUT2D eigenvalue weighted by Crippen LogP contribution is 2.30. The van der Waals surface area contributed by atoms with Gasteiger partial charge in [0.25, 0.3) is 0 Å². The van der Waals surface area contributed by atoms with Crippen LogP contribution >= 0.6 is 0 Å². The molecule has 2 atom stereocenters. The normalized spacial score (nSPS) is 27.2. The predicted molar refractivity (Wildman–Crippen MR) is 77.3 cm³/mol. The summed E-state index contributed by atoms with van der Waals surface area (Å²) in [7, 11) is 0. The van der Waals surface area contributed by atoms with Crippen molar-refractivity contribution < 1.29 is 0 Å². The third-order valence-electron chi connectivity index (χ3n) is 3.75. The molecule has 1 heteroatoms. The molecule has 2 unspecified atom stereocenters. The molecule has 1 rings (SSSR count). The summed E-state index contributed by atoms with van der Waals surface area (Å²) in [6, 6.07) is 0. The van der Waals surface area contributed by atoms with Crippen LogP contribution in [0, 0.1) is 11.8 Å². The predicted octanol–water partition coefficient (Wildman–Crippen LogP) is 4.54. The van der Waals surface area contributed by atoms with Crippen molar-refractivity contribution in [1.82, 2.24) is 5.32 Å². The van der Waals surface area contributed by atoms with E-state index in [1.54, 1.807) is 5.57 Å². The van der Waals surface area contributed by atoms with E-state index in [0.717, 1.165) is 18.4 Å². The van der Waals surface area contributed by atoms with Crippen molar-refractivity contribution in [3.8, 4) is 0 Å². The number of nitrogens with one attached hydrogen (secondary N) is 1. The van der Waals surface area contributed by atoms with Crippen molar-refractivity contribution in [3.05, 3.63) is 11.6 Å². The summed E-state index contributed by atoms with van der Waals surface area (Å²) in [4.78, 5) is 0. The zero-order chi connectivity index (χ0) is 12.9. The highest BCUT2D eigenvalue weighted by Gasteiger charge is 2.17. The van der Waals surface area contributed by atoms with Crippen LogP contribution in [0.25, 0.3) is 0 Å². The molecular weight excluding hydrogens is 206 g/mol. The summed E-state index contributed by atoms with van der Waals surface area (Å²) in [6.45, 7) is 12.5. The van der Waals surface area contributed by atoms with Crippen molar-refractivity contribution in [2.45, 2.75) is 72.3 Å². The van der Waals surface area contributed by atoms with Gasteiger partial charge >= 0.3 is 0 Å². The van der Waals surface area contributed by atoms with Crippen molar-refractivity contribution in [3.63, 3.8) is 0 Å². The monoisotopic (exact) mass is 237 g/mol. The second-order valence-corrected chi connectivity index (χ2v) is 6.81. The lowest BCUT2D eigenvalue weighted by atomic mass is 9.81. The first-order chi connectivity index (χ1) is 7.90. The molecule has 100 valence electrons. The molecule has 0 aromatic carbocycles. The van der Waals surface area contributed by atoms with Crippen LogP contribution in [-0.2, 0) is 0 Å². The minimum atomic E-state index is 0.230. The molecule has 1 saturated carbocycles. The molecule has 1 aliphatic carbocycles. The van der Waals surface area contributed by atoms with Crippen LogP contribution in [0.15, 0.2) is 11.6 Å². The van der Waals surface area contributed by atoms with E-state index >= 15 is 0 Å². The summed E-state index contributed by atoms with van der Waals surface area (Å²) in [5.74, 6) is 1.77. The molecule has 0 bridgehead atoms. The standard InChI is InChI=1S/C16H31N/c1-6-14(12-17-16(3,4)5)11-15-9-7-8-13(2)10-15/h11,13,15,17H,6-10,12H2,1-5H3. The Morgan fingerprint density at radius 2 is 2.00 bits per heavy atom. The van der Waals surface area contributed by atoms with Gasteiger partial charge in [-0.15, -0.1) is 0 Å². The smallest absolute Gasteiger partial charge is 0.0169 e. The van der Waals surface area contributed by atoms with Gasteiger partial charge in [0, 0.05) is 12.1 Å². The van der Waals surface area contributed by atoms with E-state index in [-0.39, 0.29) is 5.54 Å². The maximum absolute atomic E-state index is 3.61. The number of rotatable bonds is 4. The average molecular weight is 237 g/mol. The van der Waals surface area contributed by atoms with Crippen LogP contribution in [0.4, 0.5) is 0 Å². The summed E-state index contributed by atoms with van der Waals surface area (Å²) in [5, 5.41) is 3.61. The van der Waals surface area contributed by atoms with Gasteiger partial charge < -0.3 is 5.32 Å². The van der Waals surface area contributed by atoms with E-state index in [9.17, 15) is 0 Å². The SMILES string of the molecule is CCC(=CC1CCCC(C)C1)CNC(C)(C)C. The Bertz CT molecular complexity index is 247. The van der Waals surface area contributed by atoms with Gasteiger partial charge in [-0.3, -0.25) is 0 Å². The molecule has 1 nitrogen and oxygen atoms in total. The van der Waals surface area contributed by atoms with Crippen LogP contribution in [0.3, 0.4) is 0 Å². The zero-order valence-corrected chi connectivity index (χ0v) is 12.5. The molecular formula is C16H31N. The molecule has 0 aliphatic heterocycles. The third kappa shape index (κ3) is 6.26. The Balaban J connectivity index is 2.47. The molecule has 0 radical (unpaired) electrons. The minimum absolute atomic E-state index is 0.230. The fourth-order valence-electron chi connectivity index (χ4n) is 2.65. The lowest BCUT2D eigenvalue weighted by molar-refractivity contribution is 0.323. The fourth-order valence-corrected chi connectivity index (χ4v) is 2.65. The summed E-state index contributed by atoms with van der Waals surface area (Å²) in [5.41, 5.74) is 1.83.